The van der Waals surface area contributed by atoms with Gasteiger partial charge in [0.15, 0.2) is 0 Å². The van der Waals surface area contributed by atoms with Crippen molar-refractivity contribution < 1.29 is 9.47 Å². The minimum Gasteiger partial charge on any atom is -0.382 e. The molecule has 2 nitrogen and oxygen atoms in total. The quantitative estimate of drug-likeness (QED) is 0.152. The van der Waals surface area contributed by atoms with Crippen molar-refractivity contribution in [2.45, 2.75) is 28.7 Å². The summed E-state index contributed by atoms with van der Waals surface area (Å²) in [7, 11) is 1.72. The maximum absolute atomic E-state index is 5.88. The van der Waals surface area contributed by atoms with E-state index in [-0.39, 0.29) is 0 Å². The van der Waals surface area contributed by atoms with Crippen molar-refractivity contribution in [3.05, 3.63) is 33.4 Å². The third-order valence-corrected chi connectivity index (χ3v) is 7.35. The Morgan fingerprint density at radius 3 is 1.27 bits per heavy atom. The Balaban J connectivity index is 3.37. The Labute approximate surface area is 201 Å². The molecule has 126 valence electrons. The molecule has 0 amide bonds. The largest absolute Gasteiger partial charge is 0.382 e. The van der Waals surface area contributed by atoms with Gasteiger partial charge in [0.2, 0.25) is 0 Å². The third-order valence-electron chi connectivity index (χ3n) is 3.53. The maximum Gasteiger partial charge on any atom is 0.0724 e. The van der Waals surface area contributed by atoms with E-state index in [9.17, 15) is 0 Å². The van der Waals surface area contributed by atoms with Crippen LogP contribution in [-0.4, -0.2) is 20.3 Å². The number of ether oxygens (including phenoxy) is 2. The standard InChI is InChI=1S/C15H19I5O2/c1-21-2-3-22-9-15-13(7-19)11(5-17)10(4-16)12(6-18)14(15)8-20/h2-9H2,1H3. The number of benzene rings is 1. The van der Waals surface area contributed by atoms with Crippen molar-refractivity contribution in [3.8, 4) is 0 Å². The first-order chi connectivity index (χ1) is 10.7. The zero-order valence-electron chi connectivity index (χ0n) is 12.4. The van der Waals surface area contributed by atoms with E-state index in [0.717, 1.165) is 22.1 Å². The molecule has 0 unspecified atom stereocenters. The average Bonchev–Trinajstić information content (AvgIpc) is 2.56. The van der Waals surface area contributed by atoms with E-state index in [0.29, 0.717) is 19.8 Å². The first kappa shape index (κ1) is 22.8. The normalized spacial score (nSPS) is 11.2. The fraction of sp³-hybridized carbons (Fsp3) is 0.600. The number of alkyl halides is 5. The van der Waals surface area contributed by atoms with Gasteiger partial charge < -0.3 is 9.47 Å². The topological polar surface area (TPSA) is 18.5 Å². The molecular formula is C15H19I5O2. The molecule has 0 aliphatic rings. The zero-order chi connectivity index (χ0) is 16.5. The van der Waals surface area contributed by atoms with Crippen LogP contribution >= 0.6 is 113 Å². The Kier molecular flexibility index (Phi) is 13.5. The molecule has 1 aromatic rings. The van der Waals surface area contributed by atoms with Gasteiger partial charge in [-0.05, 0) is 33.4 Å². The molecule has 0 aliphatic carbocycles. The van der Waals surface area contributed by atoms with Gasteiger partial charge >= 0.3 is 0 Å². The predicted molar refractivity (Wildman–Crippen MR) is 137 cm³/mol. The minimum absolute atomic E-state index is 0.656. The van der Waals surface area contributed by atoms with Gasteiger partial charge in [-0.1, -0.05) is 113 Å². The monoisotopic (exact) mass is 866 g/mol. The second-order valence-electron chi connectivity index (χ2n) is 4.58. The molecule has 0 aliphatic heterocycles. The van der Waals surface area contributed by atoms with E-state index >= 15 is 0 Å². The summed E-state index contributed by atoms with van der Waals surface area (Å²) in [4.78, 5) is 0. The smallest absolute Gasteiger partial charge is 0.0724 e. The van der Waals surface area contributed by atoms with E-state index in [1.165, 1.54) is 27.8 Å². The lowest BCUT2D eigenvalue weighted by atomic mass is 9.90. The highest BCUT2D eigenvalue weighted by Gasteiger charge is 2.21. The Morgan fingerprint density at radius 1 is 0.591 bits per heavy atom. The van der Waals surface area contributed by atoms with Crippen molar-refractivity contribution in [2.24, 2.45) is 0 Å². The van der Waals surface area contributed by atoms with Crippen LogP contribution in [0.3, 0.4) is 0 Å². The fourth-order valence-electron chi connectivity index (χ4n) is 2.39. The van der Waals surface area contributed by atoms with Crippen LogP contribution in [0.2, 0.25) is 0 Å². The first-order valence-corrected chi connectivity index (χ1v) is 14.4. The summed E-state index contributed by atoms with van der Waals surface area (Å²) >= 11 is 12.5. The van der Waals surface area contributed by atoms with Gasteiger partial charge in [0.25, 0.3) is 0 Å². The van der Waals surface area contributed by atoms with Crippen molar-refractivity contribution in [3.63, 3.8) is 0 Å². The number of halogens is 5. The maximum atomic E-state index is 5.88. The second kappa shape index (κ2) is 13.0. The molecule has 0 aromatic heterocycles. The van der Waals surface area contributed by atoms with Crippen molar-refractivity contribution in [1.29, 1.82) is 0 Å². The Morgan fingerprint density at radius 2 is 0.955 bits per heavy atom. The molecule has 1 rings (SSSR count). The summed E-state index contributed by atoms with van der Waals surface area (Å²) in [5.41, 5.74) is 9.05. The van der Waals surface area contributed by atoms with Crippen LogP contribution in [0, 0.1) is 0 Å². The van der Waals surface area contributed by atoms with Crippen molar-refractivity contribution in [1.82, 2.24) is 0 Å². The molecule has 1 aromatic carbocycles. The van der Waals surface area contributed by atoms with Gasteiger partial charge in [0.1, 0.15) is 0 Å². The van der Waals surface area contributed by atoms with Gasteiger partial charge in [-0.2, -0.15) is 0 Å². The van der Waals surface area contributed by atoms with Crippen LogP contribution in [0.4, 0.5) is 0 Å². The summed E-state index contributed by atoms with van der Waals surface area (Å²) in [5.74, 6) is 0. The van der Waals surface area contributed by atoms with E-state index in [1.807, 2.05) is 0 Å². The molecule has 0 saturated heterocycles. The minimum atomic E-state index is 0.656. The van der Waals surface area contributed by atoms with E-state index < -0.39 is 0 Å². The highest BCUT2D eigenvalue weighted by molar-refractivity contribution is 14.1. The molecule has 7 heteroatoms. The number of methoxy groups -OCH3 is 1. The highest BCUT2D eigenvalue weighted by Crippen LogP contribution is 2.36. The number of hydrogen-bond acceptors (Lipinski definition) is 2. The molecule has 0 spiro atoms. The highest BCUT2D eigenvalue weighted by atomic mass is 127. The molecule has 0 atom stereocenters. The summed E-state index contributed by atoms with van der Waals surface area (Å²) in [6.07, 6.45) is 0. The lowest BCUT2D eigenvalue weighted by Gasteiger charge is -2.23. The molecule has 0 fully saturated rings. The average molecular weight is 866 g/mol. The lowest BCUT2D eigenvalue weighted by molar-refractivity contribution is 0.0612. The van der Waals surface area contributed by atoms with E-state index in [2.05, 4.69) is 113 Å². The number of rotatable bonds is 10. The Hall–Kier alpha value is 2.79. The summed E-state index contributed by atoms with van der Waals surface area (Å²) < 4.78 is 16.3. The fourth-order valence-corrected chi connectivity index (χ4v) is 6.99. The van der Waals surface area contributed by atoms with Crippen molar-refractivity contribution >= 4 is 113 Å². The van der Waals surface area contributed by atoms with Crippen LogP contribution < -0.4 is 0 Å². The second-order valence-corrected chi connectivity index (χ2v) is 8.40. The molecule has 22 heavy (non-hydrogen) atoms. The predicted octanol–water partition coefficient (Wildman–Crippen LogP) is 6.52. The molecule has 0 saturated carbocycles. The van der Waals surface area contributed by atoms with E-state index in [1.54, 1.807) is 12.7 Å². The van der Waals surface area contributed by atoms with Gasteiger partial charge in [0.05, 0.1) is 19.8 Å². The van der Waals surface area contributed by atoms with Crippen LogP contribution in [0.15, 0.2) is 0 Å². The molecule has 0 N–H and O–H groups in total. The van der Waals surface area contributed by atoms with Crippen LogP contribution in [0.25, 0.3) is 0 Å². The molecule has 0 radical (unpaired) electrons. The number of hydrogen-bond donors (Lipinski definition) is 0. The van der Waals surface area contributed by atoms with Crippen LogP contribution in [-0.2, 0) is 38.2 Å². The van der Waals surface area contributed by atoms with Gasteiger partial charge in [-0.15, -0.1) is 0 Å². The molecule has 0 bridgehead atoms. The van der Waals surface area contributed by atoms with Crippen molar-refractivity contribution in [2.75, 3.05) is 20.3 Å². The van der Waals surface area contributed by atoms with Gasteiger partial charge in [0, 0.05) is 29.2 Å². The first-order valence-electron chi connectivity index (χ1n) is 6.73. The summed E-state index contributed by atoms with van der Waals surface area (Å²) in [6, 6.07) is 0. The van der Waals surface area contributed by atoms with Gasteiger partial charge in [-0.3, -0.25) is 0 Å². The molecule has 0 heterocycles. The summed E-state index contributed by atoms with van der Waals surface area (Å²) in [5, 5.41) is 0. The Bertz CT molecular complexity index is 446. The zero-order valence-corrected chi connectivity index (χ0v) is 23.2. The van der Waals surface area contributed by atoms with Gasteiger partial charge in [-0.25, -0.2) is 0 Å². The SMILES string of the molecule is COCCOCc1c(CI)c(CI)c(CI)c(CI)c1CI. The molecular weight excluding hydrogens is 847 g/mol. The third kappa shape index (κ3) is 5.91. The van der Waals surface area contributed by atoms with Crippen LogP contribution in [0.5, 0.6) is 0 Å². The van der Waals surface area contributed by atoms with E-state index in [4.69, 9.17) is 9.47 Å². The summed E-state index contributed by atoms with van der Waals surface area (Å²) in [6.45, 7) is 2.02. The lowest BCUT2D eigenvalue weighted by Crippen LogP contribution is -2.12. The van der Waals surface area contributed by atoms with Crippen LogP contribution in [0.1, 0.15) is 33.4 Å².